The highest BCUT2D eigenvalue weighted by molar-refractivity contribution is 5.75. The van der Waals surface area contributed by atoms with Gasteiger partial charge < -0.3 is 14.9 Å². The third kappa shape index (κ3) is 2.76. The van der Waals surface area contributed by atoms with E-state index in [1.54, 1.807) is 0 Å². The monoisotopic (exact) mass is 280 g/mol. The topological polar surface area (TPSA) is 60.9 Å². The summed E-state index contributed by atoms with van der Waals surface area (Å²) in [6.45, 7) is 3.44. The molecule has 0 spiro atoms. The Morgan fingerprint density at radius 3 is 2.35 bits per heavy atom. The van der Waals surface area contributed by atoms with Gasteiger partial charge in [0, 0.05) is 32.6 Å². The number of carbonyl (C=O) groups excluding carboxylic acids is 1. The number of nitrogens with zero attached hydrogens (tertiary/aromatic N) is 2. The van der Waals surface area contributed by atoms with Crippen LogP contribution in [0.25, 0.3) is 0 Å². The lowest BCUT2D eigenvalue weighted by molar-refractivity contribution is -0.137. The quantitative estimate of drug-likeness (QED) is 0.860. The van der Waals surface area contributed by atoms with Crippen LogP contribution in [-0.4, -0.2) is 53.1 Å². The van der Waals surface area contributed by atoms with E-state index in [2.05, 4.69) is 0 Å². The van der Waals surface area contributed by atoms with Crippen LogP contribution in [0.2, 0.25) is 0 Å². The van der Waals surface area contributed by atoms with Crippen molar-refractivity contribution >= 4 is 12.0 Å². The minimum Gasteiger partial charge on any atom is -0.481 e. The minimum atomic E-state index is -0.734. The number of rotatable bonds is 3. The van der Waals surface area contributed by atoms with Crippen molar-refractivity contribution in [3.8, 4) is 0 Å². The lowest BCUT2D eigenvalue weighted by Gasteiger charge is -2.25. The molecule has 1 saturated carbocycles. The summed E-state index contributed by atoms with van der Waals surface area (Å²) >= 11 is 0. The summed E-state index contributed by atoms with van der Waals surface area (Å²) in [5, 5.41) is 8.72. The summed E-state index contributed by atoms with van der Waals surface area (Å²) in [5.74, 6) is 1.12. The number of fused-ring (bicyclic) bond motifs is 1. The number of urea groups is 1. The fraction of sp³-hybridized carbons (Fsp3) is 0.867. The van der Waals surface area contributed by atoms with Crippen LogP contribution in [0.5, 0.6) is 0 Å². The SMILES string of the molecule is O=C(O)CCC1CCN(C(=O)N2CC3CCCC3C2)C1. The number of amides is 2. The van der Waals surface area contributed by atoms with Crippen molar-refractivity contribution in [2.24, 2.45) is 17.8 Å². The van der Waals surface area contributed by atoms with Gasteiger partial charge in [0.1, 0.15) is 0 Å². The molecular weight excluding hydrogens is 256 g/mol. The molecule has 3 aliphatic rings. The summed E-state index contributed by atoms with van der Waals surface area (Å²) in [4.78, 5) is 27.1. The maximum atomic E-state index is 12.5. The molecule has 20 heavy (non-hydrogen) atoms. The third-order valence-corrected chi connectivity index (χ3v) is 5.32. The molecule has 5 nitrogen and oxygen atoms in total. The Hall–Kier alpha value is -1.26. The molecule has 3 fully saturated rings. The fourth-order valence-electron chi connectivity index (χ4n) is 4.16. The average Bonchev–Trinajstić information content (AvgIpc) is 3.10. The van der Waals surface area contributed by atoms with Gasteiger partial charge in [0.2, 0.25) is 0 Å². The average molecular weight is 280 g/mol. The van der Waals surface area contributed by atoms with Crippen molar-refractivity contribution < 1.29 is 14.7 Å². The molecule has 1 N–H and O–H groups in total. The van der Waals surface area contributed by atoms with Crippen molar-refractivity contribution in [3.63, 3.8) is 0 Å². The van der Waals surface area contributed by atoms with Crippen LogP contribution < -0.4 is 0 Å². The lowest BCUT2D eigenvalue weighted by Crippen LogP contribution is -2.41. The highest BCUT2D eigenvalue weighted by Crippen LogP contribution is 2.38. The molecule has 2 aliphatic heterocycles. The Balaban J connectivity index is 1.48. The van der Waals surface area contributed by atoms with Crippen LogP contribution >= 0.6 is 0 Å². The van der Waals surface area contributed by atoms with Crippen LogP contribution in [0.4, 0.5) is 4.79 Å². The zero-order chi connectivity index (χ0) is 14.1. The van der Waals surface area contributed by atoms with E-state index < -0.39 is 5.97 Å². The maximum Gasteiger partial charge on any atom is 0.320 e. The summed E-state index contributed by atoms with van der Waals surface area (Å²) in [5.41, 5.74) is 0. The summed E-state index contributed by atoms with van der Waals surface area (Å²) in [6, 6.07) is 0.192. The highest BCUT2D eigenvalue weighted by Gasteiger charge is 2.40. The zero-order valence-corrected chi connectivity index (χ0v) is 12.0. The maximum absolute atomic E-state index is 12.5. The minimum absolute atomic E-state index is 0.192. The van der Waals surface area contributed by atoms with E-state index in [0.29, 0.717) is 12.3 Å². The molecule has 0 radical (unpaired) electrons. The molecule has 0 aromatic carbocycles. The Kier molecular flexibility index (Phi) is 3.85. The normalized spacial score (nSPS) is 32.7. The molecule has 0 bridgehead atoms. The number of hydrogen-bond donors (Lipinski definition) is 1. The van der Waals surface area contributed by atoms with Gasteiger partial charge in [-0.3, -0.25) is 4.79 Å². The molecule has 3 rings (SSSR count). The molecule has 3 unspecified atom stereocenters. The second-order valence-electron chi connectivity index (χ2n) is 6.67. The molecular formula is C15H24N2O3. The van der Waals surface area contributed by atoms with E-state index in [1.165, 1.54) is 19.3 Å². The van der Waals surface area contributed by atoms with Crippen molar-refractivity contribution in [1.29, 1.82) is 0 Å². The van der Waals surface area contributed by atoms with Crippen LogP contribution in [0, 0.1) is 17.8 Å². The molecule has 112 valence electrons. The Bertz CT molecular complexity index is 387. The molecule has 5 heteroatoms. The van der Waals surface area contributed by atoms with Crippen molar-refractivity contribution in [2.45, 2.75) is 38.5 Å². The first-order chi connectivity index (χ1) is 9.63. The van der Waals surface area contributed by atoms with E-state index in [0.717, 1.165) is 44.4 Å². The largest absolute Gasteiger partial charge is 0.481 e. The van der Waals surface area contributed by atoms with Gasteiger partial charge in [0.15, 0.2) is 0 Å². The lowest BCUT2D eigenvalue weighted by atomic mass is 10.0. The summed E-state index contributed by atoms with van der Waals surface area (Å²) < 4.78 is 0. The van der Waals surface area contributed by atoms with E-state index in [-0.39, 0.29) is 12.5 Å². The van der Waals surface area contributed by atoms with Crippen LogP contribution in [0.15, 0.2) is 0 Å². The smallest absolute Gasteiger partial charge is 0.320 e. The summed E-state index contributed by atoms with van der Waals surface area (Å²) in [7, 11) is 0. The van der Waals surface area contributed by atoms with Crippen LogP contribution in [0.3, 0.4) is 0 Å². The van der Waals surface area contributed by atoms with E-state index in [9.17, 15) is 9.59 Å². The second-order valence-corrected chi connectivity index (χ2v) is 6.67. The summed E-state index contributed by atoms with van der Waals surface area (Å²) in [6.07, 6.45) is 5.79. The van der Waals surface area contributed by atoms with E-state index in [4.69, 9.17) is 5.11 Å². The number of likely N-dealkylation sites (tertiary alicyclic amines) is 2. The third-order valence-electron chi connectivity index (χ3n) is 5.32. The van der Waals surface area contributed by atoms with Gasteiger partial charge >= 0.3 is 12.0 Å². The van der Waals surface area contributed by atoms with E-state index in [1.807, 2.05) is 9.80 Å². The van der Waals surface area contributed by atoms with Gasteiger partial charge in [-0.05, 0) is 43.4 Å². The first kappa shape index (κ1) is 13.7. The van der Waals surface area contributed by atoms with Gasteiger partial charge in [-0.1, -0.05) is 6.42 Å². The fourth-order valence-corrected chi connectivity index (χ4v) is 4.16. The zero-order valence-electron chi connectivity index (χ0n) is 12.0. The number of carboxylic acids is 1. The number of carboxylic acid groups (broad SMARTS) is 1. The van der Waals surface area contributed by atoms with Crippen molar-refractivity contribution in [2.75, 3.05) is 26.2 Å². The molecule has 2 saturated heterocycles. The second kappa shape index (κ2) is 5.62. The van der Waals surface area contributed by atoms with Gasteiger partial charge in [0.25, 0.3) is 0 Å². The molecule has 0 aromatic heterocycles. The molecule has 2 amide bonds. The number of aliphatic carboxylic acids is 1. The van der Waals surface area contributed by atoms with Crippen molar-refractivity contribution in [3.05, 3.63) is 0 Å². The van der Waals surface area contributed by atoms with Crippen LogP contribution in [0.1, 0.15) is 38.5 Å². The molecule has 0 aromatic rings. The van der Waals surface area contributed by atoms with Crippen LogP contribution in [-0.2, 0) is 4.79 Å². The number of carbonyl (C=O) groups is 2. The Morgan fingerprint density at radius 2 is 1.70 bits per heavy atom. The predicted molar refractivity (Wildman–Crippen MR) is 74.3 cm³/mol. The van der Waals surface area contributed by atoms with Gasteiger partial charge in [0.05, 0.1) is 0 Å². The highest BCUT2D eigenvalue weighted by atomic mass is 16.4. The van der Waals surface area contributed by atoms with Gasteiger partial charge in [-0.2, -0.15) is 0 Å². The van der Waals surface area contributed by atoms with Gasteiger partial charge in [-0.15, -0.1) is 0 Å². The predicted octanol–water partition coefficient (Wildman–Crippen LogP) is 2.03. The molecule has 3 atom stereocenters. The van der Waals surface area contributed by atoms with Crippen molar-refractivity contribution in [1.82, 2.24) is 9.80 Å². The molecule has 2 heterocycles. The molecule has 1 aliphatic carbocycles. The first-order valence-corrected chi connectivity index (χ1v) is 7.89. The standard InChI is InChI=1S/C15H24N2O3/c18-14(19)5-4-11-6-7-16(8-11)15(20)17-9-12-2-1-3-13(12)10-17/h11-13H,1-10H2,(H,18,19). The van der Waals surface area contributed by atoms with E-state index >= 15 is 0 Å². The first-order valence-electron chi connectivity index (χ1n) is 7.89. The van der Waals surface area contributed by atoms with Gasteiger partial charge in [-0.25, -0.2) is 4.79 Å². The number of hydrogen-bond acceptors (Lipinski definition) is 2. The Labute approximate surface area is 119 Å². The Morgan fingerprint density at radius 1 is 1.00 bits per heavy atom.